The van der Waals surface area contributed by atoms with Gasteiger partial charge in [0.05, 0.1) is 10.4 Å². The molecule has 0 spiro atoms. The van der Waals surface area contributed by atoms with Gasteiger partial charge in [-0.05, 0) is 52.6 Å². The first-order chi connectivity index (χ1) is 16.0. The Balaban J connectivity index is 1.61. The molecule has 0 amide bonds. The highest BCUT2D eigenvalue weighted by molar-refractivity contribution is 7.22. The van der Waals surface area contributed by atoms with Crippen molar-refractivity contribution in [3.8, 4) is 21.8 Å². The number of halogens is 3. The van der Waals surface area contributed by atoms with E-state index in [1.165, 1.54) is 12.1 Å². The molecule has 4 aromatic carbocycles. The van der Waals surface area contributed by atoms with E-state index in [0.29, 0.717) is 11.3 Å². The van der Waals surface area contributed by atoms with E-state index in [4.69, 9.17) is 0 Å². The van der Waals surface area contributed by atoms with Gasteiger partial charge in [-0.1, -0.05) is 54.6 Å². The van der Waals surface area contributed by atoms with Crippen molar-refractivity contribution in [2.24, 2.45) is 0 Å². The van der Waals surface area contributed by atoms with E-state index in [-0.39, 0.29) is 0 Å². The maximum Gasteiger partial charge on any atom is 0.416 e. The van der Waals surface area contributed by atoms with Crippen molar-refractivity contribution in [2.45, 2.75) is 6.18 Å². The lowest BCUT2D eigenvalue weighted by atomic mass is 9.98. The number of fused-ring (bicyclic) bond motifs is 3. The van der Waals surface area contributed by atoms with Crippen LogP contribution in [0.5, 0.6) is 0 Å². The van der Waals surface area contributed by atoms with Crippen LogP contribution in [0.15, 0.2) is 91.0 Å². The zero-order valence-corrected chi connectivity index (χ0v) is 17.9. The summed E-state index contributed by atoms with van der Waals surface area (Å²) in [6, 6.07) is 27.5. The summed E-state index contributed by atoms with van der Waals surface area (Å²) in [4.78, 5) is 1.00. The Morgan fingerprint density at radius 2 is 1.18 bits per heavy atom. The van der Waals surface area contributed by atoms with Gasteiger partial charge in [-0.2, -0.15) is 13.2 Å². The van der Waals surface area contributed by atoms with Gasteiger partial charge in [-0.3, -0.25) is 0 Å². The van der Waals surface area contributed by atoms with Crippen LogP contribution in [-0.4, -0.2) is 10.2 Å². The molecular weight excluding hydrogens is 441 g/mol. The van der Waals surface area contributed by atoms with E-state index in [1.807, 2.05) is 42.5 Å². The van der Waals surface area contributed by atoms with Crippen LogP contribution in [0.4, 0.5) is 13.2 Å². The molecule has 2 aromatic heterocycles. The number of hydrogen-bond donors (Lipinski definition) is 0. The first kappa shape index (κ1) is 19.9. The zero-order chi connectivity index (χ0) is 22.6. The van der Waals surface area contributed by atoms with Gasteiger partial charge in [0.2, 0.25) is 0 Å². The molecular formula is C27H15F3N2S. The van der Waals surface area contributed by atoms with Crippen molar-refractivity contribution in [1.82, 2.24) is 10.2 Å². The smallest absolute Gasteiger partial charge is 0.166 e. The van der Waals surface area contributed by atoms with E-state index >= 15 is 0 Å². The molecule has 0 aliphatic carbocycles. The number of alkyl halides is 3. The van der Waals surface area contributed by atoms with Gasteiger partial charge in [-0.15, -0.1) is 21.5 Å². The molecule has 2 heterocycles. The van der Waals surface area contributed by atoms with Crippen molar-refractivity contribution in [3.05, 3.63) is 96.6 Å². The quantitative estimate of drug-likeness (QED) is 0.245. The third-order valence-electron chi connectivity index (χ3n) is 5.79. The van der Waals surface area contributed by atoms with Crippen molar-refractivity contribution >= 4 is 43.0 Å². The van der Waals surface area contributed by atoms with Crippen molar-refractivity contribution in [3.63, 3.8) is 0 Å². The first-order valence-corrected chi connectivity index (χ1v) is 11.1. The van der Waals surface area contributed by atoms with Crippen LogP contribution in [0.1, 0.15) is 5.56 Å². The largest absolute Gasteiger partial charge is 0.416 e. The predicted molar refractivity (Wildman–Crippen MR) is 128 cm³/mol. The molecule has 6 aromatic rings. The molecule has 0 atom stereocenters. The Bertz CT molecular complexity index is 1620. The molecule has 33 heavy (non-hydrogen) atoms. The molecule has 0 bridgehead atoms. The van der Waals surface area contributed by atoms with E-state index in [0.717, 1.165) is 54.3 Å². The number of nitrogens with zero attached hydrogens (tertiary/aromatic N) is 2. The fraction of sp³-hybridized carbons (Fsp3) is 0.0370. The van der Waals surface area contributed by atoms with Crippen LogP contribution < -0.4 is 0 Å². The number of hydrogen-bond acceptors (Lipinski definition) is 3. The lowest BCUT2D eigenvalue weighted by Crippen LogP contribution is -2.04. The van der Waals surface area contributed by atoms with Crippen molar-refractivity contribution in [2.75, 3.05) is 0 Å². The first-order valence-electron chi connectivity index (χ1n) is 10.3. The summed E-state index contributed by atoms with van der Waals surface area (Å²) in [6.45, 7) is 0. The highest BCUT2D eigenvalue weighted by atomic mass is 32.1. The number of benzene rings is 4. The van der Waals surface area contributed by atoms with Crippen molar-refractivity contribution in [1.29, 1.82) is 0 Å². The average Bonchev–Trinajstić information content (AvgIpc) is 3.26. The third-order valence-corrected chi connectivity index (χ3v) is 6.91. The van der Waals surface area contributed by atoms with Gasteiger partial charge < -0.3 is 0 Å². The molecule has 2 nitrogen and oxygen atoms in total. The third kappa shape index (κ3) is 3.43. The molecule has 0 saturated heterocycles. The minimum absolute atomic E-state index is 0.564. The Kier molecular flexibility index (Phi) is 4.45. The van der Waals surface area contributed by atoms with Crippen LogP contribution in [0, 0.1) is 0 Å². The van der Waals surface area contributed by atoms with Gasteiger partial charge in [-0.25, -0.2) is 0 Å². The van der Waals surface area contributed by atoms with Crippen LogP contribution in [0.25, 0.3) is 53.5 Å². The molecule has 0 aliphatic heterocycles. The van der Waals surface area contributed by atoms with E-state index in [2.05, 4.69) is 34.5 Å². The fourth-order valence-electron chi connectivity index (χ4n) is 4.15. The lowest BCUT2D eigenvalue weighted by molar-refractivity contribution is -0.137. The normalized spacial score (nSPS) is 12.1. The summed E-state index contributed by atoms with van der Waals surface area (Å²) in [5.74, 6) is 0. The average molecular weight is 456 g/mol. The molecule has 0 fully saturated rings. The van der Waals surface area contributed by atoms with E-state index < -0.39 is 11.7 Å². The predicted octanol–water partition coefficient (Wildman–Crippen LogP) is 8.35. The number of thiophene rings is 1. The van der Waals surface area contributed by atoms with Crippen LogP contribution >= 0.6 is 11.3 Å². The van der Waals surface area contributed by atoms with Gasteiger partial charge in [0.25, 0.3) is 0 Å². The zero-order valence-electron chi connectivity index (χ0n) is 17.1. The molecule has 0 N–H and O–H groups in total. The summed E-state index contributed by atoms with van der Waals surface area (Å²) >= 11 is 1.65. The molecule has 6 heteroatoms. The second kappa shape index (κ2) is 7.39. The topological polar surface area (TPSA) is 25.8 Å². The number of rotatable bonds is 2. The Labute approximate surface area is 191 Å². The molecule has 0 saturated carbocycles. The summed E-state index contributed by atoms with van der Waals surface area (Å²) in [5.41, 5.74) is 1.25. The molecule has 6 rings (SSSR count). The molecule has 0 unspecified atom stereocenters. The Hall–Kier alpha value is -3.77. The molecule has 0 aliphatic rings. The van der Waals surface area contributed by atoms with Crippen LogP contribution in [-0.2, 0) is 6.18 Å². The van der Waals surface area contributed by atoms with Crippen LogP contribution in [0.3, 0.4) is 0 Å². The van der Waals surface area contributed by atoms with Crippen molar-refractivity contribution < 1.29 is 13.2 Å². The second-order valence-corrected chi connectivity index (χ2v) is 8.95. The van der Waals surface area contributed by atoms with E-state index in [9.17, 15) is 13.2 Å². The van der Waals surface area contributed by atoms with E-state index in [1.54, 1.807) is 11.3 Å². The summed E-state index contributed by atoms with van der Waals surface area (Å²) < 4.78 is 40.3. The van der Waals surface area contributed by atoms with Gasteiger partial charge in [0.15, 0.2) is 0 Å². The standard InChI is InChI=1S/C27H15F3N2S/c28-27(29,30)20-11-9-16(10-12-20)25-21-13-17-5-1-2-6-18(17)14-22(21)26(32-31-25)24-15-19-7-3-4-8-23(19)33-24/h1-15H. The lowest BCUT2D eigenvalue weighted by Gasteiger charge is -2.12. The van der Waals surface area contributed by atoms with Gasteiger partial charge in [0.1, 0.15) is 11.4 Å². The minimum atomic E-state index is -4.38. The monoisotopic (exact) mass is 456 g/mol. The molecule has 160 valence electrons. The van der Waals surface area contributed by atoms with Crippen LogP contribution in [0.2, 0.25) is 0 Å². The summed E-state index contributed by atoms with van der Waals surface area (Å²) in [6.07, 6.45) is -4.38. The number of aromatic nitrogens is 2. The maximum absolute atomic E-state index is 13.1. The highest BCUT2D eigenvalue weighted by Crippen LogP contribution is 2.40. The summed E-state index contributed by atoms with van der Waals surface area (Å²) in [5, 5.41) is 14.1. The molecule has 0 radical (unpaired) electrons. The summed E-state index contributed by atoms with van der Waals surface area (Å²) in [7, 11) is 0. The Morgan fingerprint density at radius 3 is 1.82 bits per heavy atom. The Morgan fingerprint density at radius 1 is 0.606 bits per heavy atom. The minimum Gasteiger partial charge on any atom is -0.166 e. The SMILES string of the molecule is FC(F)(F)c1ccc(-c2nnc(-c3cc4ccccc4s3)c3cc4ccccc4cc23)cc1. The fourth-order valence-corrected chi connectivity index (χ4v) is 5.21. The highest BCUT2D eigenvalue weighted by Gasteiger charge is 2.30. The van der Waals surface area contributed by atoms with Gasteiger partial charge >= 0.3 is 6.18 Å². The second-order valence-electron chi connectivity index (χ2n) is 7.87. The maximum atomic E-state index is 13.1. The van der Waals surface area contributed by atoms with Gasteiger partial charge in [0, 0.05) is 21.0 Å².